The largest absolute Gasteiger partial charge is 0.345 e. The summed E-state index contributed by atoms with van der Waals surface area (Å²) in [5.74, 6) is -0.538. The van der Waals surface area contributed by atoms with Crippen LogP contribution in [0.3, 0.4) is 0 Å². The standard InChI is InChI=1S/C19H21N3O4S/c1-21(2)19(24)14-7-4-6-13(12-14)18(23)20-16-8-5-9-17-15(16)10-11-22(17)27(3,25)26/h4-9,12H,10-11H2,1-3H3,(H,20,23). The first-order valence-corrected chi connectivity index (χ1v) is 10.3. The molecule has 1 N–H and O–H groups in total. The van der Waals surface area contributed by atoms with Gasteiger partial charge in [-0.15, -0.1) is 0 Å². The van der Waals surface area contributed by atoms with Crippen LogP contribution in [0.15, 0.2) is 42.5 Å². The fourth-order valence-electron chi connectivity index (χ4n) is 3.11. The number of hydrogen-bond donors (Lipinski definition) is 1. The van der Waals surface area contributed by atoms with Crippen molar-refractivity contribution in [2.24, 2.45) is 0 Å². The van der Waals surface area contributed by atoms with Crippen LogP contribution >= 0.6 is 0 Å². The molecule has 2 amide bonds. The van der Waals surface area contributed by atoms with Crippen molar-refractivity contribution in [3.05, 3.63) is 59.2 Å². The molecule has 1 aliphatic rings. The Morgan fingerprint density at radius 3 is 2.41 bits per heavy atom. The predicted octanol–water partition coefficient (Wildman–Crippen LogP) is 1.96. The number of amides is 2. The van der Waals surface area contributed by atoms with E-state index in [1.807, 2.05) is 0 Å². The smallest absolute Gasteiger partial charge is 0.255 e. The van der Waals surface area contributed by atoms with Crippen LogP contribution in [-0.4, -0.2) is 52.0 Å². The Bertz CT molecular complexity index is 1020. The average Bonchev–Trinajstić information content (AvgIpc) is 3.06. The van der Waals surface area contributed by atoms with Gasteiger partial charge in [0.15, 0.2) is 0 Å². The van der Waals surface area contributed by atoms with E-state index in [2.05, 4.69) is 5.32 Å². The Balaban J connectivity index is 1.88. The van der Waals surface area contributed by atoms with Crippen molar-refractivity contribution in [2.45, 2.75) is 6.42 Å². The van der Waals surface area contributed by atoms with Crippen molar-refractivity contribution in [2.75, 3.05) is 36.5 Å². The van der Waals surface area contributed by atoms with E-state index >= 15 is 0 Å². The minimum Gasteiger partial charge on any atom is -0.345 e. The fourth-order valence-corrected chi connectivity index (χ4v) is 4.06. The van der Waals surface area contributed by atoms with Crippen LogP contribution in [0.4, 0.5) is 11.4 Å². The third-order valence-corrected chi connectivity index (χ3v) is 5.59. The van der Waals surface area contributed by atoms with Crippen LogP contribution in [0.5, 0.6) is 0 Å². The van der Waals surface area contributed by atoms with E-state index in [1.54, 1.807) is 56.6 Å². The highest BCUT2D eigenvalue weighted by atomic mass is 32.2. The molecule has 0 bridgehead atoms. The predicted molar refractivity (Wildman–Crippen MR) is 105 cm³/mol. The van der Waals surface area contributed by atoms with E-state index in [4.69, 9.17) is 0 Å². The van der Waals surface area contributed by atoms with Crippen LogP contribution in [0.1, 0.15) is 26.3 Å². The number of rotatable bonds is 4. The molecule has 0 saturated heterocycles. The molecule has 1 aliphatic heterocycles. The Morgan fingerprint density at radius 2 is 1.74 bits per heavy atom. The lowest BCUT2D eigenvalue weighted by Crippen LogP contribution is -2.27. The summed E-state index contributed by atoms with van der Waals surface area (Å²) in [4.78, 5) is 26.2. The van der Waals surface area contributed by atoms with Gasteiger partial charge in [-0.05, 0) is 36.8 Å². The maximum Gasteiger partial charge on any atom is 0.255 e. The minimum atomic E-state index is -3.36. The lowest BCUT2D eigenvalue weighted by molar-refractivity contribution is 0.0827. The van der Waals surface area contributed by atoms with Gasteiger partial charge >= 0.3 is 0 Å². The van der Waals surface area contributed by atoms with Crippen molar-refractivity contribution in [1.29, 1.82) is 0 Å². The molecule has 1 heterocycles. The van der Waals surface area contributed by atoms with Gasteiger partial charge in [0.1, 0.15) is 0 Å². The molecule has 0 fully saturated rings. The monoisotopic (exact) mass is 387 g/mol. The van der Waals surface area contributed by atoms with Gasteiger partial charge in [0, 0.05) is 43.0 Å². The van der Waals surface area contributed by atoms with Gasteiger partial charge in [-0.25, -0.2) is 8.42 Å². The van der Waals surface area contributed by atoms with E-state index in [0.29, 0.717) is 35.5 Å². The first kappa shape index (κ1) is 18.9. The first-order valence-electron chi connectivity index (χ1n) is 8.41. The van der Waals surface area contributed by atoms with Crippen molar-refractivity contribution in [1.82, 2.24) is 4.90 Å². The maximum atomic E-state index is 12.7. The third kappa shape index (κ3) is 3.80. The number of fused-ring (bicyclic) bond motifs is 1. The summed E-state index contributed by atoms with van der Waals surface area (Å²) in [6.45, 7) is 0.355. The molecule has 0 atom stereocenters. The SMILES string of the molecule is CN(C)C(=O)c1cccc(C(=O)Nc2cccc3c2CCN3S(C)(=O)=O)c1. The number of carbonyl (C=O) groups is 2. The zero-order valence-corrected chi connectivity index (χ0v) is 16.2. The molecule has 0 radical (unpaired) electrons. The summed E-state index contributed by atoms with van der Waals surface area (Å²) in [5, 5.41) is 2.84. The quantitative estimate of drug-likeness (QED) is 0.869. The Morgan fingerprint density at radius 1 is 1.07 bits per heavy atom. The van der Waals surface area contributed by atoms with E-state index in [9.17, 15) is 18.0 Å². The van der Waals surface area contributed by atoms with Crippen LogP contribution in [-0.2, 0) is 16.4 Å². The average molecular weight is 387 g/mol. The molecule has 0 spiro atoms. The molecule has 2 aromatic rings. The minimum absolute atomic E-state index is 0.186. The van der Waals surface area contributed by atoms with E-state index in [0.717, 1.165) is 5.56 Å². The highest BCUT2D eigenvalue weighted by molar-refractivity contribution is 7.92. The summed E-state index contributed by atoms with van der Waals surface area (Å²) in [5.41, 5.74) is 2.74. The molecule has 0 unspecified atom stereocenters. The number of nitrogens with zero attached hydrogens (tertiary/aromatic N) is 2. The molecule has 2 aromatic carbocycles. The maximum absolute atomic E-state index is 12.7. The van der Waals surface area contributed by atoms with Crippen LogP contribution in [0.2, 0.25) is 0 Å². The van der Waals surface area contributed by atoms with Gasteiger partial charge < -0.3 is 10.2 Å². The first-order chi connectivity index (χ1) is 12.7. The highest BCUT2D eigenvalue weighted by Crippen LogP contribution is 2.35. The zero-order chi connectivity index (χ0) is 19.8. The Labute approximate surface area is 158 Å². The lowest BCUT2D eigenvalue weighted by Gasteiger charge is -2.17. The van der Waals surface area contributed by atoms with Crippen molar-refractivity contribution in [3.8, 4) is 0 Å². The number of nitrogens with one attached hydrogen (secondary N) is 1. The van der Waals surface area contributed by atoms with Crippen molar-refractivity contribution < 1.29 is 18.0 Å². The van der Waals surface area contributed by atoms with Gasteiger partial charge in [0.25, 0.3) is 11.8 Å². The summed E-state index contributed by atoms with van der Waals surface area (Å²) < 4.78 is 25.2. The van der Waals surface area contributed by atoms with Gasteiger partial charge in [-0.1, -0.05) is 12.1 Å². The molecule has 8 heteroatoms. The Hall–Kier alpha value is -2.87. The molecular formula is C19H21N3O4S. The third-order valence-electron chi connectivity index (χ3n) is 4.41. The van der Waals surface area contributed by atoms with Gasteiger partial charge in [0.05, 0.1) is 11.9 Å². The molecule has 0 aliphatic carbocycles. The van der Waals surface area contributed by atoms with Crippen LogP contribution < -0.4 is 9.62 Å². The number of sulfonamides is 1. The summed E-state index contributed by atoms with van der Waals surface area (Å²) in [6.07, 6.45) is 1.69. The summed E-state index contributed by atoms with van der Waals surface area (Å²) in [7, 11) is -0.0608. The molecular weight excluding hydrogens is 366 g/mol. The van der Waals surface area contributed by atoms with Gasteiger partial charge in [-0.2, -0.15) is 0 Å². The second-order valence-electron chi connectivity index (χ2n) is 6.62. The van der Waals surface area contributed by atoms with Crippen LogP contribution in [0, 0.1) is 0 Å². The van der Waals surface area contributed by atoms with Crippen molar-refractivity contribution in [3.63, 3.8) is 0 Å². The second-order valence-corrected chi connectivity index (χ2v) is 8.53. The summed E-state index contributed by atoms with van der Waals surface area (Å²) in [6, 6.07) is 11.7. The van der Waals surface area contributed by atoms with E-state index in [-0.39, 0.29) is 11.8 Å². The number of carbonyl (C=O) groups excluding carboxylic acids is 2. The van der Waals surface area contributed by atoms with Gasteiger partial charge in [-0.3, -0.25) is 13.9 Å². The van der Waals surface area contributed by atoms with Crippen LogP contribution in [0.25, 0.3) is 0 Å². The molecule has 3 rings (SSSR count). The fraction of sp³-hybridized carbons (Fsp3) is 0.263. The summed E-state index contributed by atoms with van der Waals surface area (Å²) >= 11 is 0. The van der Waals surface area contributed by atoms with Gasteiger partial charge in [0.2, 0.25) is 10.0 Å². The zero-order valence-electron chi connectivity index (χ0n) is 15.4. The highest BCUT2D eigenvalue weighted by Gasteiger charge is 2.28. The molecule has 142 valence electrons. The van der Waals surface area contributed by atoms with Crippen molar-refractivity contribution >= 4 is 33.2 Å². The lowest BCUT2D eigenvalue weighted by atomic mass is 10.1. The number of benzene rings is 2. The number of anilines is 2. The number of hydrogen-bond acceptors (Lipinski definition) is 4. The molecule has 7 nitrogen and oxygen atoms in total. The Kier molecular flexibility index (Phi) is 4.93. The normalized spacial score (nSPS) is 13.2. The van der Waals surface area contributed by atoms with E-state index in [1.165, 1.54) is 15.5 Å². The second kappa shape index (κ2) is 7.03. The van der Waals surface area contributed by atoms with E-state index < -0.39 is 10.0 Å². The molecule has 0 saturated carbocycles. The molecule has 0 aromatic heterocycles. The molecule has 27 heavy (non-hydrogen) atoms. The topological polar surface area (TPSA) is 86.8 Å².